The Hall–Kier alpha value is -1.28. The smallest absolute Gasteiger partial charge is 0.628 e. The van der Waals surface area contributed by atoms with Crippen LogP contribution in [0.5, 0.6) is 0 Å². The summed E-state index contributed by atoms with van der Waals surface area (Å²) in [5.41, 5.74) is 0.876. The molecule has 2 aliphatic rings. The zero-order chi connectivity index (χ0) is 28.4. The fourth-order valence-electron chi connectivity index (χ4n) is 5.55. The van der Waals surface area contributed by atoms with Crippen LogP contribution >= 0.6 is 7.77 Å². The molecule has 8 nitrogen and oxygen atoms in total. The average Bonchev–Trinajstić information content (AvgIpc) is 3.40. The molecule has 0 radical (unpaired) electrons. The summed E-state index contributed by atoms with van der Waals surface area (Å²) in [4.78, 5) is 52.8. The molecular formula is C30H43NNaO7P. The van der Waals surface area contributed by atoms with Crippen LogP contribution in [0.25, 0.3) is 0 Å². The Balaban J connectivity index is 0.00000560. The van der Waals surface area contributed by atoms with E-state index in [-0.39, 0.29) is 66.0 Å². The second kappa shape index (κ2) is 17.6. The molecule has 216 valence electrons. The van der Waals surface area contributed by atoms with Crippen molar-refractivity contribution in [2.24, 2.45) is 17.8 Å². The first-order chi connectivity index (χ1) is 18.7. The van der Waals surface area contributed by atoms with Gasteiger partial charge in [-0.15, -0.1) is 0 Å². The van der Waals surface area contributed by atoms with Gasteiger partial charge in [0.15, 0.2) is 0 Å². The van der Waals surface area contributed by atoms with Crippen LogP contribution in [0.15, 0.2) is 30.3 Å². The predicted octanol–water partition coefficient (Wildman–Crippen LogP) is 0.400. The van der Waals surface area contributed by atoms with Crippen LogP contribution in [0.2, 0.25) is 0 Å². The number of carboxylic acid groups (broad SMARTS) is 1. The van der Waals surface area contributed by atoms with E-state index in [9.17, 15) is 24.4 Å². The Morgan fingerprint density at radius 1 is 1.02 bits per heavy atom. The van der Waals surface area contributed by atoms with Crippen molar-refractivity contribution in [3.05, 3.63) is 35.9 Å². The number of hydrogen-bond donors (Lipinski definition) is 0. The first kappa shape index (κ1) is 34.9. The van der Waals surface area contributed by atoms with Gasteiger partial charge in [-0.1, -0.05) is 83.2 Å². The van der Waals surface area contributed by atoms with Gasteiger partial charge in [-0.05, 0) is 43.1 Å². The zero-order valence-corrected chi connectivity index (χ0v) is 27.4. The molecule has 40 heavy (non-hydrogen) atoms. The quantitative estimate of drug-likeness (QED) is 0.108. The molecule has 3 unspecified atom stereocenters. The Morgan fingerprint density at radius 3 is 2.30 bits per heavy atom. The van der Waals surface area contributed by atoms with Crippen molar-refractivity contribution < 1.29 is 63.4 Å². The molecular weight excluding hydrogens is 540 g/mol. The molecule has 1 aliphatic carbocycles. The van der Waals surface area contributed by atoms with Gasteiger partial charge in [0, 0.05) is 18.9 Å². The number of aryl methyl sites for hydroxylation is 1. The van der Waals surface area contributed by atoms with E-state index in [2.05, 4.69) is 0 Å². The van der Waals surface area contributed by atoms with Crippen molar-refractivity contribution in [3.63, 3.8) is 0 Å². The molecule has 1 aromatic rings. The summed E-state index contributed by atoms with van der Waals surface area (Å²) >= 11 is 0. The minimum atomic E-state index is -2.29. The molecule has 0 aromatic heterocycles. The van der Waals surface area contributed by atoms with Crippen molar-refractivity contribution in [1.82, 2.24) is 4.90 Å². The minimum Gasteiger partial charge on any atom is -0.628 e. The number of aliphatic carboxylic acids is 1. The van der Waals surface area contributed by atoms with E-state index in [4.69, 9.17) is 9.47 Å². The van der Waals surface area contributed by atoms with E-state index < -0.39 is 37.9 Å². The molecule has 1 aliphatic heterocycles. The van der Waals surface area contributed by atoms with Crippen molar-refractivity contribution in [3.8, 4) is 0 Å². The molecule has 1 aromatic carbocycles. The number of esters is 1. The molecule has 10 heteroatoms. The van der Waals surface area contributed by atoms with Crippen LogP contribution < -0.4 is 39.6 Å². The largest absolute Gasteiger partial charge is 1.00 e. The average molecular weight is 584 g/mol. The second-order valence-electron chi connectivity index (χ2n) is 11.1. The van der Waals surface area contributed by atoms with Gasteiger partial charge in [-0.3, -0.25) is 14.3 Å². The summed E-state index contributed by atoms with van der Waals surface area (Å²) in [6.45, 7) is 5.49. The number of carbonyl (C=O) groups is 3. The predicted molar refractivity (Wildman–Crippen MR) is 147 cm³/mol. The fourth-order valence-corrected chi connectivity index (χ4v) is 6.83. The van der Waals surface area contributed by atoms with Gasteiger partial charge in [0.05, 0.1) is 19.8 Å². The molecule has 0 spiro atoms. The maximum atomic E-state index is 13.8. The molecule has 1 saturated heterocycles. The summed E-state index contributed by atoms with van der Waals surface area (Å²) in [5, 5.41) is 12.1. The third-order valence-electron chi connectivity index (χ3n) is 7.82. The summed E-state index contributed by atoms with van der Waals surface area (Å²) < 4.78 is 11.3. The molecule has 0 N–H and O–H groups in total. The normalized spacial score (nSPS) is 21.0. The first-order valence-electron chi connectivity index (χ1n) is 14.4. The number of unbranched alkanes of at least 4 members (excludes halogenated alkanes) is 1. The number of nitrogens with zero attached hydrogens (tertiary/aromatic N) is 1. The van der Waals surface area contributed by atoms with Gasteiger partial charge in [0.1, 0.15) is 6.16 Å². The van der Waals surface area contributed by atoms with Crippen LogP contribution in [-0.4, -0.2) is 53.3 Å². The molecule has 3 rings (SSSR count). The minimum absolute atomic E-state index is 0. The second-order valence-corrected chi connectivity index (χ2v) is 12.7. The topological polar surface area (TPSA) is 119 Å². The van der Waals surface area contributed by atoms with Gasteiger partial charge in [0.2, 0.25) is 6.29 Å². The monoisotopic (exact) mass is 583 g/mol. The third kappa shape index (κ3) is 10.2. The van der Waals surface area contributed by atoms with Crippen LogP contribution in [0, 0.1) is 17.8 Å². The molecule has 0 bridgehead atoms. The van der Waals surface area contributed by atoms with Gasteiger partial charge in [0.25, 0.3) is 0 Å². The molecule has 1 amide bonds. The summed E-state index contributed by atoms with van der Waals surface area (Å²) in [6, 6.07) is 8.88. The van der Waals surface area contributed by atoms with Gasteiger partial charge >= 0.3 is 46.9 Å². The first-order valence-corrected chi connectivity index (χ1v) is 15.9. The van der Waals surface area contributed by atoms with Gasteiger partial charge in [-0.2, -0.15) is 0 Å². The van der Waals surface area contributed by atoms with Crippen molar-refractivity contribution >= 4 is 31.1 Å². The summed E-state index contributed by atoms with van der Waals surface area (Å²) in [5.74, 6) is -2.38. The number of benzene rings is 1. The van der Waals surface area contributed by atoms with E-state index in [1.165, 1.54) is 16.9 Å². The maximum Gasteiger partial charge on any atom is 1.00 e. The Labute approximate surface area is 261 Å². The SMILES string of the molecule is CCC(=O)OC(OC(C(=O)N1CC(C2CCCCC2)C[C@H]1C(=O)[O-])=[P+]([O-])CCCCc1ccccc1)C(C)C.[Na+]. The van der Waals surface area contributed by atoms with E-state index in [1.54, 1.807) is 20.8 Å². The fraction of sp³-hybridized carbons (Fsp3) is 0.667. The summed E-state index contributed by atoms with van der Waals surface area (Å²) in [7, 11) is -2.29. The van der Waals surface area contributed by atoms with Crippen LogP contribution in [0.1, 0.15) is 84.1 Å². The number of ether oxygens (including phenoxy) is 2. The van der Waals surface area contributed by atoms with Crippen LogP contribution in [-0.2, 0) is 30.3 Å². The number of likely N-dealkylation sites (tertiary alicyclic amines) is 1. The van der Waals surface area contributed by atoms with Gasteiger partial charge in [-0.25, -0.2) is 0 Å². The zero-order valence-electron chi connectivity index (χ0n) is 24.5. The molecule has 4 atom stereocenters. The number of amides is 1. The van der Waals surface area contributed by atoms with Crippen molar-refractivity contribution in [1.29, 1.82) is 0 Å². The Kier molecular flexibility index (Phi) is 15.4. The van der Waals surface area contributed by atoms with Crippen molar-refractivity contribution in [2.75, 3.05) is 12.7 Å². The van der Waals surface area contributed by atoms with E-state index in [0.29, 0.717) is 18.8 Å². The Morgan fingerprint density at radius 2 is 1.70 bits per heavy atom. The van der Waals surface area contributed by atoms with Crippen molar-refractivity contribution in [2.45, 2.75) is 97.3 Å². The number of carboxylic acids is 1. The number of hydrogen-bond acceptors (Lipinski definition) is 7. The third-order valence-corrected chi connectivity index (χ3v) is 9.29. The van der Waals surface area contributed by atoms with Crippen LogP contribution in [0.4, 0.5) is 0 Å². The molecule has 2 fully saturated rings. The maximum absolute atomic E-state index is 13.8. The number of rotatable bonds is 13. The molecule has 1 saturated carbocycles. The molecule has 1 heterocycles. The van der Waals surface area contributed by atoms with E-state index >= 15 is 0 Å². The Bertz CT molecular complexity index is 997. The number of carbonyl (C=O) groups excluding carboxylic acids is 3. The van der Waals surface area contributed by atoms with E-state index in [1.807, 2.05) is 30.3 Å². The van der Waals surface area contributed by atoms with Crippen LogP contribution in [0.3, 0.4) is 0 Å². The summed E-state index contributed by atoms with van der Waals surface area (Å²) in [6.07, 6.45) is 7.22. The van der Waals surface area contributed by atoms with Gasteiger partial charge < -0.3 is 24.4 Å². The standard InChI is InChI=1S/C30H44NO7P.Na/c1-4-26(32)37-29(21(2)3)38-30(39(36)18-12-11-15-22-13-7-5-8-14-22)27(33)31-20-24(19-25(31)28(34)35)23-16-9-6-10-17-23;/h5,7-8,13-14,21,23-25,29H,4,6,9-12,15-20H2,1-3H3,(H,34,35);/q;+1/p-1/t24?,25-,29?;/m0./s1. The van der Waals surface area contributed by atoms with E-state index in [0.717, 1.165) is 38.5 Å².